The minimum Gasteiger partial charge on any atom is -0.489 e. The van der Waals surface area contributed by atoms with E-state index in [1.54, 1.807) is 12.1 Å². The van der Waals surface area contributed by atoms with Gasteiger partial charge in [-0.15, -0.1) is 0 Å². The van der Waals surface area contributed by atoms with Crippen LogP contribution in [0.1, 0.15) is 5.56 Å². The van der Waals surface area contributed by atoms with Gasteiger partial charge in [-0.2, -0.15) is 0 Å². The van der Waals surface area contributed by atoms with Crippen LogP contribution in [0.25, 0.3) is 0 Å². The molecule has 0 saturated carbocycles. The topological polar surface area (TPSA) is 35.2 Å². The Kier molecular flexibility index (Phi) is 4.09. The van der Waals surface area contributed by atoms with Gasteiger partial charge in [-0.1, -0.05) is 23.7 Å². The van der Waals surface area contributed by atoms with Crippen LogP contribution in [0.15, 0.2) is 40.9 Å². The highest BCUT2D eigenvalue weighted by atomic mass is 79.9. The zero-order valence-corrected chi connectivity index (χ0v) is 11.6. The van der Waals surface area contributed by atoms with E-state index in [1.165, 1.54) is 12.1 Å². The van der Waals surface area contributed by atoms with Crippen molar-refractivity contribution in [2.24, 2.45) is 0 Å². The number of halogens is 3. The normalized spacial score (nSPS) is 10.4. The van der Waals surface area contributed by atoms with Crippen molar-refractivity contribution in [2.75, 3.05) is 5.73 Å². The zero-order chi connectivity index (χ0) is 13.1. The molecule has 0 aliphatic heterocycles. The van der Waals surface area contributed by atoms with E-state index in [2.05, 4.69) is 15.9 Å². The van der Waals surface area contributed by atoms with Gasteiger partial charge in [-0.25, -0.2) is 4.39 Å². The number of nitrogen functional groups attached to an aromatic ring is 1. The van der Waals surface area contributed by atoms with Gasteiger partial charge >= 0.3 is 0 Å². The zero-order valence-electron chi connectivity index (χ0n) is 9.29. The average Bonchev–Trinajstić information content (AvgIpc) is 2.35. The van der Waals surface area contributed by atoms with Crippen molar-refractivity contribution in [3.63, 3.8) is 0 Å². The van der Waals surface area contributed by atoms with Crippen LogP contribution in [0.4, 0.5) is 10.1 Å². The Morgan fingerprint density at radius 2 is 2.06 bits per heavy atom. The van der Waals surface area contributed by atoms with Gasteiger partial charge in [-0.05, 0) is 34.1 Å². The van der Waals surface area contributed by atoms with E-state index in [0.717, 1.165) is 10.0 Å². The standard InChI is InChI=1S/C13H10BrClFNO/c14-13-8(2-1-3-12(13)17)7-18-9-4-5-10(15)11(16)6-9/h1-6H,7,17H2. The van der Waals surface area contributed by atoms with E-state index in [4.69, 9.17) is 22.1 Å². The molecule has 0 aromatic heterocycles. The Balaban J connectivity index is 2.11. The number of nitrogens with two attached hydrogens (primary N) is 1. The highest BCUT2D eigenvalue weighted by Gasteiger charge is 2.05. The van der Waals surface area contributed by atoms with E-state index in [1.807, 2.05) is 12.1 Å². The maximum absolute atomic E-state index is 13.2. The lowest BCUT2D eigenvalue weighted by molar-refractivity contribution is 0.304. The molecule has 0 heterocycles. The number of hydrogen-bond donors (Lipinski definition) is 1. The Bertz CT molecular complexity index is 577. The highest BCUT2D eigenvalue weighted by Crippen LogP contribution is 2.26. The first-order chi connectivity index (χ1) is 8.58. The molecule has 0 bridgehead atoms. The van der Waals surface area contributed by atoms with Gasteiger partial charge in [0, 0.05) is 21.8 Å². The van der Waals surface area contributed by atoms with Gasteiger partial charge in [0.2, 0.25) is 0 Å². The average molecular weight is 331 g/mol. The minimum absolute atomic E-state index is 0.0764. The van der Waals surface area contributed by atoms with Crippen LogP contribution >= 0.6 is 27.5 Å². The van der Waals surface area contributed by atoms with Gasteiger partial charge in [0.1, 0.15) is 18.2 Å². The van der Waals surface area contributed by atoms with Crippen LogP contribution in [-0.2, 0) is 6.61 Å². The Morgan fingerprint density at radius 1 is 1.28 bits per heavy atom. The van der Waals surface area contributed by atoms with Crippen molar-refractivity contribution in [2.45, 2.75) is 6.61 Å². The number of benzene rings is 2. The molecule has 0 fully saturated rings. The molecule has 2 aromatic rings. The lowest BCUT2D eigenvalue weighted by atomic mass is 10.2. The van der Waals surface area contributed by atoms with Crippen LogP contribution in [0.5, 0.6) is 5.75 Å². The van der Waals surface area contributed by atoms with Gasteiger partial charge in [0.25, 0.3) is 0 Å². The second-order valence-corrected chi connectivity index (χ2v) is 4.89. The first-order valence-corrected chi connectivity index (χ1v) is 6.35. The molecular formula is C13H10BrClFNO. The quantitative estimate of drug-likeness (QED) is 0.846. The number of anilines is 1. The van der Waals surface area contributed by atoms with Crippen molar-refractivity contribution in [3.05, 3.63) is 57.3 Å². The van der Waals surface area contributed by atoms with E-state index in [-0.39, 0.29) is 5.02 Å². The molecule has 0 unspecified atom stereocenters. The molecule has 2 aromatic carbocycles. The predicted molar refractivity (Wildman–Crippen MR) is 74.3 cm³/mol. The van der Waals surface area contributed by atoms with Crippen LogP contribution in [0.2, 0.25) is 5.02 Å². The fourth-order valence-electron chi connectivity index (χ4n) is 1.44. The molecule has 0 radical (unpaired) electrons. The fourth-order valence-corrected chi connectivity index (χ4v) is 1.94. The summed E-state index contributed by atoms with van der Waals surface area (Å²) in [5.41, 5.74) is 7.28. The van der Waals surface area contributed by atoms with Crippen molar-refractivity contribution in [3.8, 4) is 5.75 Å². The smallest absolute Gasteiger partial charge is 0.145 e. The molecule has 0 aliphatic rings. The molecule has 0 aliphatic carbocycles. The molecule has 94 valence electrons. The van der Waals surface area contributed by atoms with Crippen molar-refractivity contribution in [1.29, 1.82) is 0 Å². The second-order valence-electron chi connectivity index (χ2n) is 3.68. The van der Waals surface area contributed by atoms with E-state index in [9.17, 15) is 4.39 Å². The van der Waals surface area contributed by atoms with Crippen molar-refractivity contribution < 1.29 is 9.13 Å². The van der Waals surface area contributed by atoms with Gasteiger partial charge in [0.05, 0.1) is 5.02 Å². The Morgan fingerprint density at radius 3 is 2.78 bits per heavy atom. The summed E-state index contributed by atoms with van der Waals surface area (Å²) in [6.07, 6.45) is 0. The Labute approximate surface area is 118 Å². The summed E-state index contributed by atoms with van der Waals surface area (Å²) in [6, 6.07) is 9.83. The third-order valence-corrected chi connectivity index (χ3v) is 3.67. The number of ether oxygens (including phenoxy) is 1. The monoisotopic (exact) mass is 329 g/mol. The van der Waals surface area contributed by atoms with Crippen molar-refractivity contribution >= 4 is 33.2 Å². The van der Waals surface area contributed by atoms with E-state index >= 15 is 0 Å². The first-order valence-electron chi connectivity index (χ1n) is 5.18. The SMILES string of the molecule is Nc1cccc(COc2ccc(Cl)c(F)c2)c1Br. The maximum Gasteiger partial charge on any atom is 0.145 e. The van der Waals surface area contributed by atoms with Gasteiger partial charge in [-0.3, -0.25) is 0 Å². The minimum atomic E-state index is -0.499. The molecular weight excluding hydrogens is 321 g/mol. The van der Waals surface area contributed by atoms with Crippen LogP contribution in [-0.4, -0.2) is 0 Å². The Hall–Kier alpha value is -1.26. The molecule has 2 N–H and O–H groups in total. The maximum atomic E-state index is 13.2. The summed E-state index contributed by atoms with van der Waals surface area (Å²) in [4.78, 5) is 0. The van der Waals surface area contributed by atoms with Crippen LogP contribution in [0.3, 0.4) is 0 Å². The molecule has 5 heteroatoms. The largest absolute Gasteiger partial charge is 0.489 e. The number of hydrogen-bond acceptors (Lipinski definition) is 2. The fraction of sp³-hybridized carbons (Fsp3) is 0.0769. The van der Waals surface area contributed by atoms with Gasteiger partial charge in [0.15, 0.2) is 0 Å². The molecule has 2 rings (SSSR count). The summed E-state index contributed by atoms with van der Waals surface area (Å²) < 4.78 is 19.5. The highest BCUT2D eigenvalue weighted by molar-refractivity contribution is 9.10. The number of rotatable bonds is 3. The third-order valence-electron chi connectivity index (χ3n) is 2.39. The summed E-state index contributed by atoms with van der Waals surface area (Å²) in [7, 11) is 0. The molecule has 0 atom stereocenters. The summed E-state index contributed by atoms with van der Waals surface area (Å²) in [5, 5.41) is 0.0764. The predicted octanol–water partition coefficient (Wildman–Crippen LogP) is 4.40. The van der Waals surface area contributed by atoms with Crippen LogP contribution < -0.4 is 10.5 Å². The molecule has 0 saturated heterocycles. The summed E-state index contributed by atoms with van der Waals surface area (Å²) >= 11 is 8.97. The second kappa shape index (κ2) is 5.59. The van der Waals surface area contributed by atoms with Gasteiger partial charge < -0.3 is 10.5 Å². The van der Waals surface area contributed by atoms with E-state index < -0.39 is 5.82 Å². The van der Waals surface area contributed by atoms with Crippen molar-refractivity contribution in [1.82, 2.24) is 0 Å². The first kappa shape index (κ1) is 13.2. The van der Waals surface area contributed by atoms with E-state index in [0.29, 0.717) is 18.0 Å². The molecule has 2 nitrogen and oxygen atoms in total. The lowest BCUT2D eigenvalue weighted by Gasteiger charge is -2.09. The molecule has 18 heavy (non-hydrogen) atoms. The summed E-state index contributed by atoms with van der Waals surface area (Å²) in [6.45, 7) is 0.298. The third kappa shape index (κ3) is 2.94. The lowest BCUT2D eigenvalue weighted by Crippen LogP contribution is -1.99. The molecule has 0 amide bonds. The summed E-state index contributed by atoms with van der Waals surface area (Å²) in [5.74, 6) is -0.0768. The van der Waals surface area contributed by atoms with Crippen LogP contribution in [0, 0.1) is 5.82 Å². The molecule has 0 spiro atoms.